The lowest BCUT2D eigenvalue weighted by Gasteiger charge is -2.08. The Labute approximate surface area is 203 Å². The predicted octanol–water partition coefficient (Wildman–Crippen LogP) is 4.79. The van der Waals surface area contributed by atoms with Gasteiger partial charge in [-0.3, -0.25) is 9.59 Å². The zero-order valence-electron chi connectivity index (χ0n) is 18.3. The van der Waals surface area contributed by atoms with Crippen LogP contribution < -0.4 is 21.1 Å². The first kappa shape index (κ1) is 23.8. The second kappa shape index (κ2) is 10.7. The lowest BCUT2D eigenvalue weighted by Crippen LogP contribution is -2.28. The topological polar surface area (TPSA) is 106 Å². The fraction of sp³-hybridized carbons (Fsp3) is 0.0800. The Kier molecular flexibility index (Phi) is 7.32. The largest absolute Gasteiger partial charge is 0.492 e. The molecule has 1 heterocycles. The first-order chi connectivity index (χ1) is 16.9. The van der Waals surface area contributed by atoms with Crippen LogP contribution in [0.15, 0.2) is 72.8 Å². The molecule has 0 radical (unpaired) electrons. The number of carbonyl (C=O) groups is 2. The minimum absolute atomic E-state index is 0.0785. The first-order valence-corrected chi connectivity index (χ1v) is 11.3. The van der Waals surface area contributed by atoms with Crippen LogP contribution in [0.1, 0.15) is 25.6 Å². The number of aromatic nitrogens is 1. The Morgan fingerprint density at radius 2 is 1.63 bits per heavy atom. The van der Waals surface area contributed by atoms with E-state index in [1.54, 1.807) is 24.3 Å². The molecule has 7 nitrogen and oxygen atoms in total. The number of benzene rings is 3. The number of para-hydroxylation sites is 1. The molecule has 0 aliphatic heterocycles. The van der Waals surface area contributed by atoms with Gasteiger partial charge in [-0.2, -0.15) is 0 Å². The highest BCUT2D eigenvalue weighted by molar-refractivity contribution is 7.18. The van der Waals surface area contributed by atoms with E-state index in [1.165, 1.54) is 6.07 Å². The maximum absolute atomic E-state index is 14.0. The number of carbonyl (C=O) groups excluding carboxylic acids is 2. The highest BCUT2D eigenvalue weighted by atomic mass is 32.1. The molecule has 4 rings (SSSR count). The molecule has 0 spiro atoms. The summed E-state index contributed by atoms with van der Waals surface area (Å²) in [5, 5.41) is 6.01. The van der Waals surface area contributed by atoms with E-state index in [9.17, 15) is 18.4 Å². The number of amides is 1. The summed E-state index contributed by atoms with van der Waals surface area (Å²) in [5.74, 6) is -2.50. The Hall–Kier alpha value is -4.31. The molecule has 4 N–H and O–H groups in total. The number of nitrogens with one attached hydrogen (secondary N) is 2. The standard InChI is InChI=1S/C25H20F2N4O3S/c26-18-7-4-8-19(27)20(18)21(32)22-23(28)31-25(35-22)30-16-11-9-15(10-12-16)24(33)29-13-14-34-17-5-2-1-3-6-17/h1-12H,13-14,28H2,(H,29,33)(H,30,31). The van der Waals surface area contributed by atoms with Gasteiger partial charge in [0.15, 0.2) is 5.13 Å². The van der Waals surface area contributed by atoms with Crippen LogP contribution in [0.5, 0.6) is 5.75 Å². The third-order valence-electron chi connectivity index (χ3n) is 4.85. The van der Waals surface area contributed by atoms with Gasteiger partial charge in [-0.25, -0.2) is 13.8 Å². The number of hydrogen-bond acceptors (Lipinski definition) is 7. The molecule has 178 valence electrons. The van der Waals surface area contributed by atoms with Gasteiger partial charge in [-0.1, -0.05) is 35.6 Å². The number of halogens is 2. The molecule has 0 aliphatic rings. The van der Waals surface area contributed by atoms with Crippen molar-refractivity contribution in [3.63, 3.8) is 0 Å². The van der Waals surface area contributed by atoms with Crippen LogP contribution in [0.3, 0.4) is 0 Å². The minimum atomic E-state index is -0.974. The summed E-state index contributed by atoms with van der Waals surface area (Å²) in [6.45, 7) is 0.671. The van der Waals surface area contributed by atoms with Crippen LogP contribution in [-0.2, 0) is 0 Å². The molecule has 3 aromatic carbocycles. The third-order valence-corrected chi connectivity index (χ3v) is 5.83. The number of thiazole rings is 1. The molecule has 0 unspecified atom stereocenters. The molecule has 4 aromatic rings. The van der Waals surface area contributed by atoms with E-state index in [4.69, 9.17) is 10.5 Å². The second-order valence-electron chi connectivity index (χ2n) is 7.28. The normalized spacial score (nSPS) is 10.6. The molecular formula is C25H20F2N4O3S. The summed E-state index contributed by atoms with van der Waals surface area (Å²) in [6.07, 6.45) is 0. The minimum Gasteiger partial charge on any atom is -0.492 e. The Morgan fingerprint density at radius 3 is 2.31 bits per heavy atom. The van der Waals surface area contributed by atoms with E-state index in [0.717, 1.165) is 29.2 Å². The van der Waals surface area contributed by atoms with Gasteiger partial charge in [0.2, 0.25) is 5.78 Å². The van der Waals surface area contributed by atoms with Gasteiger partial charge in [0, 0.05) is 11.3 Å². The molecule has 0 saturated heterocycles. The quantitative estimate of drug-likeness (QED) is 0.228. The van der Waals surface area contributed by atoms with Crippen molar-refractivity contribution >= 4 is 39.7 Å². The fourth-order valence-electron chi connectivity index (χ4n) is 3.16. The van der Waals surface area contributed by atoms with Crippen LogP contribution in [0.2, 0.25) is 0 Å². The van der Waals surface area contributed by atoms with Crippen molar-refractivity contribution in [2.24, 2.45) is 0 Å². The van der Waals surface area contributed by atoms with Gasteiger partial charge >= 0.3 is 0 Å². The van der Waals surface area contributed by atoms with E-state index in [-0.39, 0.29) is 21.7 Å². The molecule has 0 fully saturated rings. The maximum atomic E-state index is 14.0. The summed E-state index contributed by atoms with van der Waals surface area (Å²) >= 11 is 0.874. The summed E-state index contributed by atoms with van der Waals surface area (Å²) in [5.41, 5.74) is 6.17. The van der Waals surface area contributed by atoms with Crippen molar-refractivity contribution in [2.75, 3.05) is 24.2 Å². The number of ether oxygens (including phenoxy) is 1. The summed E-state index contributed by atoms with van der Waals surface area (Å²) in [6, 6.07) is 19.0. The monoisotopic (exact) mass is 494 g/mol. The molecule has 0 bridgehead atoms. The zero-order chi connectivity index (χ0) is 24.8. The number of ketones is 1. The van der Waals surface area contributed by atoms with Crippen LogP contribution in [0, 0.1) is 11.6 Å². The molecule has 1 amide bonds. The molecular weight excluding hydrogens is 474 g/mol. The number of anilines is 3. The van der Waals surface area contributed by atoms with E-state index in [2.05, 4.69) is 15.6 Å². The molecule has 1 aromatic heterocycles. The van der Waals surface area contributed by atoms with Crippen molar-refractivity contribution in [3.8, 4) is 5.75 Å². The lowest BCUT2D eigenvalue weighted by atomic mass is 10.1. The van der Waals surface area contributed by atoms with Crippen LogP contribution in [0.4, 0.5) is 25.4 Å². The number of rotatable bonds is 9. The van der Waals surface area contributed by atoms with E-state index >= 15 is 0 Å². The van der Waals surface area contributed by atoms with Crippen LogP contribution >= 0.6 is 11.3 Å². The van der Waals surface area contributed by atoms with E-state index in [0.29, 0.717) is 24.4 Å². The van der Waals surface area contributed by atoms with E-state index in [1.807, 2.05) is 30.3 Å². The van der Waals surface area contributed by atoms with Crippen LogP contribution in [-0.4, -0.2) is 29.8 Å². The highest BCUT2D eigenvalue weighted by Gasteiger charge is 2.24. The van der Waals surface area contributed by atoms with Crippen LogP contribution in [0.25, 0.3) is 0 Å². The van der Waals surface area contributed by atoms with Crippen molar-refractivity contribution < 1.29 is 23.1 Å². The number of nitrogens with zero attached hydrogens (tertiary/aromatic N) is 1. The first-order valence-electron chi connectivity index (χ1n) is 10.5. The second-order valence-corrected chi connectivity index (χ2v) is 8.28. The van der Waals surface area contributed by atoms with E-state index < -0.39 is 23.0 Å². The summed E-state index contributed by atoms with van der Waals surface area (Å²) in [7, 11) is 0. The fourth-order valence-corrected chi connectivity index (χ4v) is 4.01. The Bertz CT molecular complexity index is 1320. The van der Waals surface area contributed by atoms with Gasteiger partial charge in [-0.15, -0.1) is 0 Å². The maximum Gasteiger partial charge on any atom is 0.251 e. The lowest BCUT2D eigenvalue weighted by molar-refractivity contribution is 0.0946. The number of hydrogen-bond donors (Lipinski definition) is 3. The Morgan fingerprint density at radius 1 is 0.943 bits per heavy atom. The molecule has 35 heavy (non-hydrogen) atoms. The van der Waals surface area contributed by atoms with Gasteiger partial charge in [0.05, 0.1) is 12.1 Å². The summed E-state index contributed by atoms with van der Waals surface area (Å²) in [4.78, 5) is 28.9. The van der Waals surface area contributed by atoms with Crippen molar-refractivity contribution in [1.29, 1.82) is 0 Å². The van der Waals surface area contributed by atoms with Gasteiger partial charge in [-0.05, 0) is 48.5 Å². The van der Waals surface area contributed by atoms with Crippen molar-refractivity contribution in [2.45, 2.75) is 0 Å². The molecule has 0 aliphatic carbocycles. The average molecular weight is 495 g/mol. The molecule has 0 atom stereocenters. The van der Waals surface area contributed by atoms with Gasteiger partial charge < -0.3 is 21.1 Å². The zero-order valence-corrected chi connectivity index (χ0v) is 19.1. The van der Waals surface area contributed by atoms with Crippen molar-refractivity contribution in [1.82, 2.24) is 10.3 Å². The summed E-state index contributed by atoms with van der Waals surface area (Å²) < 4.78 is 33.5. The SMILES string of the molecule is Nc1nc(Nc2ccc(C(=O)NCCOc3ccccc3)cc2)sc1C(=O)c1c(F)cccc1F. The van der Waals surface area contributed by atoms with Gasteiger partial charge in [0.25, 0.3) is 5.91 Å². The highest BCUT2D eigenvalue weighted by Crippen LogP contribution is 2.31. The smallest absolute Gasteiger partial charge is 0.251 e. The van der Waals surface area contributed by atoms with Crippen molar-refractivity contribution in [3.05, 3.63) is 100 Å². The Balaban J connectivity index is 1.35. The van der Waals surface area contributed by atoms with Gasteiger partial charge in [0.1, 0.15) is 34.7 Å². The molecule has 0 saturated carbocycles. The third kappa shape index (κ3) is 5.79. The number of nitrogens with two attached hydrogens (primary N) is 1. The average Bonchev–Trinajstić information content (AvgIpc) is 3.22. The molecule has 10 heteroatoms. The predicted molar refractivity (Wildman–Crippen MR) is 130 cm³/mol. The number of nitrogen functional groups attached to an aromatic ring is 1.